The topological polar surface area (TPSA) is 104 Å². The third-order valence-corrected chi connectivity index (χ3v) is 12.2. The Kier molecular flexibility index (Phi) is 8.08. The Morgan fingerprint density at radius 2 is 1.78 bits per heavy atom. The number of carbonyl (C=O) groups excluding carboxylic acids is 1. The third-order valence-electron chi connectivity index (χ3n) is 11.3. The van der Waals surface area contributed by atoms with E-state index in [9.17, 15) is 36.0 Å². The Labute approximate surface area is 218 Å². The van der Waals surface area contributed by atoms with Crippen LogP contribution in [0.5, 0.6) is 0 Å². The highest BCUT2D eigenvalue weighted by Gasteiger charge is 2.62. The van der Waals surface area contributed by atoms with Crippen molar-refractivity contribution in [2.75, 3.05) is 6.61 Å². The maximum absolute atomic E-state index is 13.6. The molecule has 0 bridgehead atoms. The molecule has 214 valence electrons. The van der Waals surface area contributed by atoms with E-state index in [-0.39, 0.29) is 23.9 Å². The molecular weight excluding hydrogens is 509 g/mol. The van der Waals surface area contributed by atoms with Gasteiger partial charge in [0.25, 0.3) is 0 Å². The van der Waals surface area contributed by atoms with Crippen LogP contribution >= 0.6 is 0 Å². The molecule has 10 heteroatoms. The number of halogens is 3. The third kappa shape index (κ3) is 5.08. The summed E-state index contributed by atoms with van der Waals surface area (Å²) in [5.41, 5.74) is 0.366. The van der Waals surface area contributed by atoms with Gasteiger partial charge in [0.15, 0.2) is 10.1 Å². The molecule has 0 aliphatic heterocycles. The molecule has 37 heavy (non-hydrogen) atoms. The van der Waals surface area contributed by atoms with Crippen molar-refractivity contribution in [3.05, 3.63) is 0 Å². The van der Waals surface area contributed by atoms with Gasteiger partial charge in [0.05, 0.1) is 6.10 Å². The van der Waals surface area contributed by atoms with Crippen molar-refractivity contribution in [2.24, 2.45) is 46.3 Å². The first-order valence-corrected chi connectivity index (χ1v) is 15.3. The first kappa shape index (κ1) is 29.1. The number of hydrogen-bond acceptors (Lipinski definition) is 6. The van der Waals surface area contributed by atoms with Crippen LogP contribution in [0.15, 0.2) is 0 Å². The minimum Gasteiger partial charge on any atom is -0.743 e. The van der Waals surface area contributed by atoms with E-state index >= 15 is 0 Å². The molecule has 0 aromatic heterocycles. The summed E-state index contributed by atoms with van der Waals surface area (Å²) in [6, 6.07) is 0. The summed E-state index contributed by atoms with van der Waals surface area (Å²) in [6.45, 7) is 5.39. The van der Waals surface area contributed by atoms with Gasteiger partial charge >= 0.3 is 11.2 Å². The van der Waals surface area contributed by atoms with Gasteiger partial charge in [-0.1, -0.05) is 33.6 Å². The largest absolute Gasteiger partial charge is 0.743 e. The second kappa shape index (κ2) is 10.3. The van der Waals surface area contributed by atoms with E-state index in [0.717, 1.165) is 32.1 Å². The number of alkyl halides is 3. The van der Waals surface area contributed by atoms with Crippen LogP contribution < -0.4 is 0 Å². The Morgan fingerprint density at radius 3 is 2.46 bits per heavy atom. The van der Waals surface area contributed by atoms with E-state index in [0.29, 0.717) is 41.4 Å². The molecule has 0 radical (unpaired) electrons. The molecule has 0 aromatic rings. The first-order valence-electron chi connectivity index (χ1n) is 13.9. The van der Waals surface area contributed by atoms with Crippen molar-refractivity contribution in [3.8, 4) is 0 Å². The molecule has 0 amide bonds. The summed E-state index contributed by atoms with van der Waals surface area (Å²) in [5.74, 6) is 1.50. The fourth-order valence-electron chi connectivity index (χ4n) is 9.27. The van der Waals surface area contributed by atoms with Crippen LogP contribution in [0.2, 0.25) is 0 Å². The predicted molar refractivity (Wildman–Crippen MR) is 130 cm³/mol. The van der Waals surface area contributed by atoms with Crippen LogP contribution in [0.4, 0.5) is 13.2 Å². The molecule has 1 N–H and O–H groups in total. The summed E-state index contributed by atoms with van der Waals surface area (Å²) in [4.78, 5) is 12.1. The van der Waals surface area contributed by atoms with Gasteiger partial charge in [0.1, 0.15) is 6.61 Å². The highest BCUT2D eigenvalue weighted by molar-refractivity contribution is 7.86. The van der Waals surface area contributed by atoms with Crippen molar-refractivity contribution in [3.63, 3.8) is 0 Å². The van der Waals surface area contributed by atoms with Gasteiger partial charge in [0.2, 0.25) is 6.17 Å². The monoisotopic (exact) mass is 551 g/mol. The summed E-state index contributed by atoms with van der Waals surface area (Å²) >= 11 is 0. The van der Waals surface area contributed by atoms with Crippen LogP contribution in [0.1, 0.15) is 91.4 Å². The van der Waals surface area contributed by atoms with Crippen molar-refractivity contribution in [1.82, 2.24) is 0 Å². The molecule has 4 rings (SSSR count). The SMILES string of the molecule is C[C@H](CCC(=O)OCC(F)C(F)(F)S(=O)(=O)[O-])[C@H]1CC[C@H]2[C@@H]3[C@H](O)C[C@@H]4CCCC[C@]4(C)[C@H]3CC[C@]12C. The number of hydrogen-bond donors (Lipinski definition) is 1. The standard InChI is InChI=1S/C27H43F3O6S/c1-16(7-10-23(32)36-15-22(28)27(29,30)37(33,34)35)18-8-9-19-24-20(11-13-26(18,19)3)25(2)12-5-4-6-17(25)14-21(24)31/h16-22,24,31H,4-15H2,1-3H3,(H,33,34,35)/p-1/t16-,17+,18-,19+,20+,21-,22?,24+,25+,26-/m1/s1. The molecule has 0 saturated heterocycles. The molecular formula is C27H42F3O6S-. The minimum atomic E-state index is -6.20. The van der Waals surface area contributed by atoms with Gasteiger partial charge in [-0.25, -0.2) is 12.8 Å². The van der Waals surface area contributed by atoms with Crippen molar-refractivity contribution in [1.29, 1.82) is 0 Å². The summed E-state index contributed by atoms with van der Waals surface area (Å²) in [5, 5.41) is 6.18. The van der Waals surface area contributed by atoms with Gasteiger partial charge in [-0.3, -0.25) is 4.79 Å². The van der Waals surface area contributed by atoms with Crippen molar-refractivity contribution in [2.45, 2.75) is 109 Å². The normalized spacial score (nSPS) is 41.7. The lowest BCUT2D eigenvalue weighted by Gasteiger charge is -2.62. The number of fused-ring (bicyclic) bond motifs is 5. The molecule has 1 unspecified atom stereocenters. The van der Waals surface area contributed by atoms with E-state index in [1.165, 1.54) is 25.7 Å². The lowest BCUT2D eigenvalue weighted by Crippen LogP contribution is -2.57. The predicted octanol–water partition coefficient (Wildman–Crippen LogP) is 5.44. The summed E-state index contributed by atoms with van der Waals surface area (Å²) < 4.78 is 76.3. The van der Waals surface area contributed by atoms with E-state index in [4.69, 9.17) is 0 Å². The van der Waals surface area contributed by atoms with Gasteiger partial charge in [-0.2, -0.15) is 8.78 Å². The molecule has 0 heterocycles. The number of aliphatic hydroxyl groups is 1. The molecule has 4 aliphatic carbocycles. The van der Waals surface area contributed by atoms with Crippen LogP contribution in [0.25, 0.3) is 0 Å². The quantitative estimate of drug-likeness (QED) is 0.318. The van der Waals surface area contributed by atoms with Crippen LogP contribution in [0.3, 0.4) is 0 Å². The van der Waals surface area contributed by atoms with Gasteiger partial charge in [0, 0.05) is 6.42 Å². The van der Waals surface area contributed by atoms with Crippen LogP contribution in [0, 0.1) is 46.3 Å². The fourth-order valence-corrected chi connectivity index (χ4v) is 9.65. The number of rotatable bonds is 8. The van der Waals surface area contributed by atoms with Crippen LogP contribution in [-0.2, 0) is 19.6 Å². The zero-order chi connectivity index (χ0) is 27.4. The lowest BCUT2D eigenvalue weighted by molar-refractivity contribution is -0.164. The molecule has 10 atom stereocenters. The number of carbonyl (C=O) groups is 1. The van der Waals surface area contributed by atoms with Crippen molar-refractivity contribution < 1.29 is 40.8 Å². The average Bonchev–Trinajstić information content (AvgIpc) is 3.17. The molecule has 4 saturated carbocycles. The summed E-state index contributed by atoms with van der Waals surface area (Å²) in [6.07, 6.45) is 6.85. The van der Waals surface area contributed by atoms with E-state index < -0.39 is 34.1 Å². The highest BCUT2D eigenvalue weighted by Crippen LogP contribution is 2.68. The van der Waals surface area contributed by atoms with Gasteiger partial charge < -0.3 is 14.4 Å². The second-order valence-electron chi connectivity index (χ2n) is 13.0. The zero-order valence-corrected chi connectivity index (χ0v) is 23.0. The Hall–Kier alpha value is -0.870. The molecule has 0 aromatic carbocycles. The van der Waals surface area contributed by atoms with Crippen LogP contribution in [-0.4, -0.2) is 48.2 Å². The number of aliphatic hydroxyl groups excluding tert-OH is 1. The lowest BCUT2D eigenvalue weighted by atomic mass is 9.44. The second-order valence-corrected chi connectivity index (χ2v) is 14.4. The van der Waals surface area contributed by atoms with E-state index in [1.807, 2.05) is 0 Å². The molecule has 4 aliphatic rings. The number of esters is 1. The van der Waals surface area contributed by atoms with E-state index in [1.54, 1.807) is 0 Å². The Balaban J connectivity index is 1.35. The van der Waals surface area contributed by atoms with Gasteiger partial charge in [-0.05, 0) is 97.7 Å². The maximum atomic E-state index is 13.6. The van der Waals surface area contributed by atoms with Gasteiger partial charge in [-0.15, -0.1) is 0 Å². The molecule has 6 nitrogen and oxygen atoms in total. The highest BCUT2D eigenvalue weighted by atomic mass is 32.2. The average molecular weight is 552 g/mol. The minimum absolute atomic E-state index is 0.0535. The number of ether oxygens (including phenoxy) is 1. The maximum Gasteiger partial charge on any atom is 0.368 e. The molecule has 0 spiro atoms. The Morgan fingerprint density at radius 1 is 1.11 bits per heavy atom. The van der Waals surface area contributed by atoms with E-state index in [2.05, 4.69) is 25.5 Å². The Bertz CT molecular complexity index is 960. The first-order chi connectivity index (χ1) is 17.1. The fraction of sp³-hybridized carbons (Fsp3) is 0.963. The zero-order valence-electron chi connectivity index (χ0n) is 22.1. The molecule has 4 fully saturated rings. The van der Waals surface area contributed by atoms with Crippen molar-refractivity contribution >= 4 is 16.1 Å². The smallest absolute Gasteiger partial charge is 0.368 e. The summed E-state index contributed by atoms with van der Waals surface area (Å²) in [7, 11) is -6.20.